The molecule has 3 N–H and O–H groups in total. The van der Waals surface area contributed by atoms with Crippen LogP contribution in [0.25, 0.3) is 0 Å². The Morgan fingerprint density at radius 3 is 2.61 bits per heavy atom. The lowest BCUT2D eigenvalue weighted by Gasteiger charge is -2.35. The highest BCUT2D eigenvalue weighted by atomic mass is 35.5. The van der Waals surface area contributed by atoms with Crippen LogP contribution < -0.4 is 16.1 Å². The van der Waals surface area contributed by atoms with Crippen LogP contribution >= 0.6 is 11.6 Å². The number of allylic oxidation sites excluding steroid dienone is 2. The average Bonchev–Trinajstić information content (AvgIpc) is 3.15. The molecule has 0 spiro atoms. The van der Waals surface area contributed by atoms with Crippen LogP contribution in [-0.2, 0) is 9.63 Å². The van der Waals surface area contributed by atoms with Gasteiger partial charge in [-0.2, -0.15) is 23.9 Å². The van der Waals surface area contributed by atoms with E-state index in [-0.39, 0.29) is 18.3 Å². The Hall–Kier alpha value is -2.74. The lowest BCUT2D eigenvalue weighted by Crippen LogP contribution is -2.43. The van der Waals surface area contributed by atoms with Gasteiger partial charge in [0.2, 0.25) is 0 Å². The van der Waals surface area contributed by atoms with Crippen LogP contribution in [0.4, 0.5) is 13.2 Å². The van der Waals surface area contributed by atoms with Gasteiger partial charge in [-0.3, -0.25) is 0 Å². The molecule has 7 nitrogen and oxygen atoms in total. The van der Waals surface area contributed by atoms with E-state index in [1.165, 1.54) is 0 Å². The summed E-state index contributed by atoms with van der Waals surface area (Å²) in [7, 11) is 0. The third kappa shape index (κ3) is 4.08. The van der Waals surface area contributed by atoms with Crippen LogP contribution in [-0.4, -0.2) is 37.0 Å². The van der Waals surface area contributed by atoms with E-state index in [9.17, 15) is 23.2 Å². The Labute approximate surface area is 181 Å². The highest BCUT2D eigenvalue weighted by Gasteiger charge is 2.46. The van der Waals surface area contributed by atoms with Gasteiger partial charge in [-0.25, -0.2) is 4.79 Å². The Bertz CT molecular complexity index is 995. The van der Waals surface area contributed by atoms with Gasteiger partial charge in [0.25, 0.3) is 0 Å². The minimum absolute atomic E-state index is 0.00398. The zero-order valence-corrected chi connectivity index (χ0v) is 17.0. The molecular formula is C20H19ClF3N5O2. The van der Waals surface area contributed by atoms with E-state index in [2.05, 4.69) is 27.0 Å². The second kappa shape index (κ2) is 8.42. The summed E-state index contributed by atoms with van der Waals surface area (Å²) >= 11 is 6.43. The maximum atomic E-state index is 12.8. The quantitative estimate of drug-likeness (QED) is 0.648. The summed E-state index contributed by atoms with van der Waals surface area (Å²) in [6, 6.07) is 9.31. The van der Waals surface area contributed by atoms with Crippen molar-refractivity contribution in [1.29, 1.82) is 5.26 Å². The largest absolute Gasteiger partial charge is 0.493 e. The van der Waals surface area contributed by atoms with E-state index in [0.29, 0.717) is 32.6 Å². The predicted octanol–water partition coefficient (Wildman–Crippen LogP) is 2.86. The van der Waals surface area contributed by atoms with E-state index in [0.717, 1.165) is 25.9 Å². The number of benzene rings is 1. The Kier molecular flexibility index (Phi) is 5.83. The molecule has 1 aromatic rings. The number of nitrogens with one attached hydrogen (secondary N) is 3. The molecule has 11 heteroatoms. The SMILES string of the molecule is N#CC1=C(C2CCNCC2)NC2=C(CNN2OC(=O)C(F)(F)F)C1c1ccccc1Cl. The van der Waals surface area contributed by atoms with Crippen molar-refractivity contribution in [2.24, 2.45) is 5.92 Å². The van der Waals surface area contributed by atoms with E-state index in [1.807, 2.05) is 0 Å². The number of hydrogen-bond acceptors (Lipinski definition) is 7. The van der Waals surface area contributed by atoms with E-state index in [4.69, 9.17) is 11.6 Å². The second-order valence-corrected chi connectivity index (χ2v) is 7.83. The lowest BCUT2D eigenvalue weighted by atomic mass is 9.78. The van der Waals surface area contributed by atoms with Crippen molar-refractivity contribution < 1.29 is 22.8 Å². The minimum atomic E-state index is -5.15. The molecule has 31 heavy (non-hydrogen) atoms. The topological polar surface area (TPSA) is 89.4 Å². The summed E-state index contributed by atoms with van der Waals surface area (Å²) in [5.41, 5.74) is 4.96. The predicted molar refractivity (Wildman–Crippen MR) is 105 cm³/mol. The molecule has 0 radical (unpaired) electrons. The van der Waals surface area contributed by atoms with Gasteiger partial charge < -0.3 is 15.5 Å². The normalized spacial score (nSPS) is 22.2. The molecule has 164 valence electrons. The first-order valence-electron chi connectivity index (χ1n) is 9.73. The van der Waals surface area contributed by atoms with E-state index in [1.54, 1.807) is 24.3 Å². The van der Waals surface area contributed by atoms with Gasteiger partial charge in [0.1, 0.15) is 0 Å². The molecule has 1 atom stereocenters. The number of carbonyl (C=O) groups excluding carboxylic acids is 1. The monoisotopic (exact) mass is 453 g/mol. The molecule has 0 saturated carbocycles. The molecule has 1 fully saturated rings. The van der Waals surface area contributed by atoms with Gasteiger partial charge >= 0.3 is 12.1 Å². The number of hydrazine groups is 1. The van der Waals surface area contributed by atoms with E-state index >= 15 is 0 Å². The Balaban J connectivity index is 1.78. The van der Waals surface area contributed by atoms with Crippen molar-refractivity contribution in [3.8, 4) is 6.07 Å². The number of halogens is 4. The number of dihydropyridines is 1. The van der Waals surface area contributed by atoms with Crippen molar-refractivity contribution >= 4 is 17.6 Å². The number of alkyl halides is 3. The molecule has 3 aliphatic rings. The maximum Gasteiger partial charge on any atom is 0.493 e. The summed E-state index contributed by atoms with van der Waals surface area (Å²) in [4.78, 5) is 16.0. The second-order valence-electron chi connectivity index (χ2n) is 7.42. The molecule has 1 aromatic carbocycles. The van der Waals surface area contributed by atoms with Crippen LogP contribution in [0.15, 0.2) is 46.9 Å². The molecule has 3 aliphatic heterocycles. The number of rotatable bonds is 3. The zero-order chi connectivity index (χ0) is 22.2. The van der Waals surface area contributed by atoms with Crippen molar-refractivity contribution in [3.63, 3.8) is 0 Å². The fourth-order valence-electron chi connectivity index (χ4n) is 4.17. The van der Waals surface area contributed by atoms with Crippen LogP contribution in [0.2, 0.25) is 5.02 Å². The molecule has 0 aromatic heterocycles. The van der Waals surface area contributed by atoms with Gasteiger partial charge in [0.05, 0.1) is 11.6 Å². The number of carbonyl (C=O) groups is 1. The summed E-state index contributed by atoms with van der Waals surface area (Å²) < 4.78 is 38.3. The summed E-state index contributed by atoms with van der Waals surface area (Å²) in [5.74, 6) is -2.75. The fourth-order valence-corrected chi connectivity index (χ4v) is 4.41. The van der Waals surface area contributed by atoms with Crippen molar-refractivity contribution in [2.45, 2.75) is 24.9 Å². The first kappa shape index (κ1) is 21.5. The van der Waals surface area contributed by atoms with Gasteiger partial charge in [0.15, 0.2) is 5.82 Å². The zero-order valence-electron chi connectivity index (χ0n) is 16.2. The van der Waals surface area contributed by atoms with Crippen molar-refractivity contribution in [3.05, 3.63) is 57.5 Å². The average molecular weight is 454 g/mol. The molecule has 1 unspecified atom stereocenters. The highest BCUT2D eigenvalue weighted by Crippen LogP contribution is 2.44. The molecule has 4 rings (SSSR count). The smallest absolute Gasteiger partial charge is 0.340 e. The van der Waals surface area contributed by atoms with Gasteiger partial charge in [-0.1, -0.05) is 29.8 Å². The first-order chi connectivity index (χ1) is 14.8. The lowest BCUT2D eigenvalue weighted by molar-refractivity contribution is -0.239. The van der Waals surface area contributed by atoms with E-state index < -0.39 is 18.1 Å². The molecular weight excluding hydrogens is 435 g/mol. The summed E-state index contributed by atoms with van der Waals surface area (Å²) in [6.07, 6.45) is -3.64. The highest BCUT2D eigenvalue weighted by molar-refractivity contribution is 6.31. The van der Waals surface area contributed by atoms with Gasteiger partial charge in [0, 0.05) is 34.7 Å². The van der Waals surface area contributed by atoms with Gasteiger partial charge in [-0.15, -0.1) is 5.17 Å². The molecule has 1 saturated heterocycles. The van der Waals surface area contributed by atoms with Crippen molar-refractivity contribution in [2.75, 3.05) is 19.6 Å². The molecule has 0 aliphatic carbocycles. The number of piperidine rings is 1. The third-order valence-corrected chi connectivity index (χ3v) is 5.93. The molecule has 0 bridgehead atoms. The molecule has 3 heterocycles. The molecule has 0 amide bonds. The summed E-state index contributed by atoms with van der Waals surface area (Å²) in [6.45, 7) is 1.58. The van der Waals surface area contributed by atoms with Crippen LogP contribution in [0.3, 0.4) is 0 Å². The Morgan fingerprint density at radius 2 is 1.97 bits per heavy atom. The number of nitriles is 1. The maximum absolute atomic E-state index is 12.8. The minimum Gasteiger partial charge on any atom is -0.340 e. The number of hydroxylamine groups is 1. The van der Waals surface area contributed by atoms with Crippen LogP contribution in [0.5, 0.6) is 0 Å². The summed E-state index contributed by atoms with van der Waals surface area (Å²) in [5, 5.41) is 17.5. The first-order valence-corrected chi connectivity index (χ1v) is 10.1. The fraction of sp³-hybridized carbons (Fsp3) is 0.400. The number of hydrogen-bond donors (Lipinski definition) is 3. The van der Waals surface area contributed by atoms with Crippen LogP contribution in [0, 0.1) is 17.2 Å². The standard InChI is InChI=1S/C20H19ClF3N5O2/c21-15-4-2-1-3-12(15)16-13(9-25)17(11-5-7-26-8-6-11)28-18-14(16)10-27-29(18)31-19(30)20(22,23)24/h1-4,11,16,26-28H,5-8,10H2. The third-order valence-electron chi connectivity index (χ3n) is 5.59. The van der Waals surface area contributed by atoms with Crippen molar-refractivity contribution in [1.82, 2.24) is 21.2 Å². The van der Waals surface area contributed by atoms with Gasteiger partial charge in [-0.05, 0) is 37.6 Å². The Morgan fingerprint density at radius 1 is 1.26 bits per heavy atom. The van der Waals surface area contributed by atoms with Crippen LogP contribution in [0.1, 0.15) is 24.3 Å². The number of nitrogens with zero attached hydrogens (tertiary/aromatic N) is 2.